The minimum Gasteiger partial charge on any atom is -0.332 e. The summed E-state index contributed by atoms with van der Waals surface area (Å²) in [4.78, 5) is 34.5. The third-order valence-electron chi connectivity index (χ3n) is 6.86. The molecular weight excluding hydrogens is 446 g/mol. The molecule has 4 rings (SSSR count). The molecule has 1 aliphatic rings. The van der Waals surface area contributed by atoms with E-state index in [9.17, 15) is 9.59 Å². The Hall–Kier alpha value is -2.66. The summed E-state index contributed by atoms with van der Waals surface area (Å²) in [5.41, 5.74) is 1.18. The van der Waals surface area contributed by atoms with Crippen molar-refractivity contribution in [3.05, 3.63) is 69.7 Å². The molecule has 1 atom stereocenters. The first-order valence-electron chi connectivity index (χ1n) is 12.5. The molecule has 0 saturated heterocycles. The van der Waals surface area contributed by atoms with Gasteiger partial charge in [0.05, 0.1) is 22.6 Å². The van der Waals surface area contributed by atoms with E-state index in [-0.39, 0.29) is 23.4 Å². The highest BCUT2D eigenvalue weighted by Gasteiger charge is 2.34. The standard InChI is InChI=1S/C28H34ClN3O2/c1-4-25(31(17-16-19(2)3)27(33)20-10-5-6-11-20)26-30-24-15-8-7-14-23(24)28(34)32(26)22-13-9-12-21(29)18-22/h7-9,12-15,18-20,25H,4-6,10-11,16-17H2,1-3H3. The van der Waals surface area contributed by atoms with E-state index in [1.807, 2.05) is 35.2 Å². The van der Waals surface area contributed by atoms with Gasteiger partial charge in [-0.15, -0.1) is 0 Å². The van der Waals surface area contributed by atoms with E-state index in [0.717, 1.165) is 32.1 Å². The topological polar surface area (TPSA) is 55.2 Å². The van der Waals surface area contributed by atoms with E-state index in [2.05, 4.69) is 20.8 Å². The first-order valence-corrected chi connectivity index (χ1v) is 12.9. The molecule has 3 aromatic rings. The molecule has 180 valence electrons. The summed E-state index contributed by atoms with van der Waals surface area (Å²) < 4.78 is 1.66. The van der Waals surface area contributed by atoms with Crippen molar-refractivity contribution in [1.82, 2.24) is 14.5 Å². The Labute approximate surface area is 206 Å². The minimum atomic E-state index is -0.303. The molecule has 0 radical (unpaired) electrons. The van der Waals surface area contributed by atoms with E-state index in [0.29, 0.717) is 46.3 Å². The molecule has 6 heteroatoms. The van der Waals surface area contributed by atoms with E-state index >= 15 is 0 Å². The van der Waals surface area contributed by atoms with Gasteiger partial charge in [-0.2, -0.15) is 0 Å². The molecule has 0 spiro atoms. The fourth-order valence-corrected chi connectivity index (χ4v) is 5.19. The van der Waals surface area contributed by atoms with Gasteiger partial charge < -0.3 is 4.90 Å². The van der Waals surface area contributed by atoms with Crippen LogP contribution in [0.25, 0.3) is 16.6 Å². The summed E-state index contributed by atoms with van der Waals surface area (Å²) in [5, 5.41) is 1.10. The highest BCUT2D eigenvalue weighted by Crippen LogP contribution is 2.33. The Bertz CT molecular complexity index is 1210. The van der Waals surface area contributed by atoms with Crippen LogP contribution in [0, 0.1) is 11.8 Å². The number of nitrogens with zero attached hydrogens (tertiary/aromatic N) is 3. The number of carbonyl (C=O) groups is 1. The van der Waals surface area contributed by atoms with Crippen LogP contribution in [-0.2, 0) is 4.79 Å². The van der Waals surface area contributed by atoms with Crippen molar-refractivity contribution in [3.8, 4) is 5.69 Å². The molecule has 0 N–H and O–H groups in total. The number of para-hydroxylation sites is 1. The molecule has 1 aromatic heterocycles. The lowest BCUT2D eigenvalue weighted by atomic mass is 10.0. The molecule has 1 amide bonds. The minimum absolute atomic E-state index is 0.0630. The van der Waals surface area contributed by atoms with Crippen LogP contribution in [-0.4, -0.2) is 26.9 Å². The lowest BCUT2D eigenvalue weighted by Crippen LogP contribution is -2.42. The van der Waals surface area contributed by atoms with Crippen molar-refractivity contribution in [2.45, 2.75) is 65.3 Å². The lowest BCUT2D eigenvalue weighted by Gasteiger charge is -2.34. The summed E-state index contributed by atoms with van der Waals surface area (Å²) in [6.07, 6.45) is 5.67. The largest absolute Gasteiger partial charge is 0.332 e. The smallest absolute Gasteiger partial charge is 0.266 e. The second-order valence-corrected chi connectivity index (χ2v) is 10.2. The summed E-state index contributed by atoms with van der Waals surface area (Å²) in [6.45, 7) is 7.08. The molecule has 1 fully saturated rings. The van der Waals surface area contributed by atoms with Gasteiger partial charge in [0, 0.05) is 17.5 Å². The summed E-state index contributed by atoms with van der Waals surface area (Å²) >= 11 is 6.31. The quantitative estimate of drug-likeness (QED) is 0.368. The maximum Gasteiger partial charge on any atom is 0.266 e. The first-order chi connectivity index (χ1) is 16.4. The Morgan fingerprint density at radius 2 is 1.88 bits per heavy atom. The van der Waals surface area contributed by atoms with E-state index < -0.39 is 0 Å². The zero-order valence-electron chi connectivity index (χ0n) is 20.3. The number of fused-ring (bicyclic) bond motifs is 1. The average molecular weight is 480 g/mol. The molecule has 1 aliphatic carbocycles. The van der Waals surface area contributed by atoms with Gasteiger partial charge >= 0.3 is 0 Å². The number of hydrogen-bond acceptors (Lipinski definition) is 3. The normalized spacial score (nSPS) is 15.2. The summed E-state index contributed by atoms with van der Waals surface area (Å²) in [7, 11) is 0. The number of benzene rings is 2. The average Bonchev–Trinajstić information content (AvgIpc) is 3.36. The van der Waals surface area contributed by atoms with Crippen molar-refractivity contribution in [1.29, 1.82) is 0 Å². The monoisotopic (exact) mass is 479 g/mol. The highest BCUT2D eigenvalue weighted by molar-refractivity contribution is 6.30. The van der Waals surface area contributed by atoms with Gasteiger partial charge in [-0.05, 0) is 61.9 Å². The fraction of sp³-hybridized carbons (Fsp3) is 0.464. The molecule has 1 saturated carbocycles. The fourth-order valence-electron chi connectivity index (χ4n) is 5.00. The molecule has 0 aliphatic heterocycles. The SMILES string of the molecule is CCC(c1nc2ccccc2c(=O)n1-c1cccc(Cl)c1)N(CCC(C)C)C(=O)C1CCCC1. The van der Waals surface area contributed by atoms with Crippen LogP contribution < -0.4 is 5.56 Å². The van der Waals surface area contributed by atoms with Gasteiger partial charge in [-0.1, -0.05) is 63.4 Å². The number of halogens is 1. The third kappa shape index (κ3) is 5.05. The van der Waals surface area contributed by atoms with Crippen molar-refractivity contribution < 1.29 is 4.79 Å². The van der Waals surface area contributed by atoms with Crippen molar-refractivity contribution in [3.63, 3.8) is 0 Å². The van der Waals surface area contributed by atoms with Gasteiger partial charge in [0.25, 0.3) is 5.56 Å². The van der Waals surface area contributed by atoms with Crippen LogP contribution in [0.5, 0.6) is 0 Å². The zero-order valence-corrected chi connectivity index (χ0v) is 21.1. The van der Waals surface area contributed by atoms with Crippen LogP contribution in [0.4, 0.5) is 0 Å². The van der Waals surface area contributed by atoms with Crippen LogP contribution in [0.3, 0.4) is 0 Å². The second kappa shape index (κ2) is 10.7. The zero-order chi connectivity index (χ0) is 24.2. The van der Waals surface area contributed by atoms with Crippen molar-refractivity contribution >= 4 is 28.4 Å². The van der Waals surface area contributed by atoms with Crippen LogP contribution in [0.1, 0.15) is 71.2 Å². The van der Waals surface area contributed by atoms with Gasteiger partial charge in [-0.25, -0.2) is 4.98 Å². The molecular formula is C28H34ClN3O2. The Morgan fingerprint density at radius 1 is 1.15 bits per heavy atom. The van der Waals surface area contributed by atoms with Crippen molar-refractivity contribution in [2.75, 3.05) is 6.54 Å². The Morgan fingerprint density at radius 3 is 2.56 bits per heavy atom. The third-order valence-corrected chi connectivity index (χ3v) is 7.10. The molecule has 0 bridgehead atoms. The van der Waals surface area contributed by atoms with Gasteiger partial charge in [0.1, 0.15) is 5.82 Å². The predicted octanol–water partition coefficient (Wildman–Crippen LogP) is 6.56. The number of hydrogen-bond donors (Lipinski definition) is 0. The van der Waals surface area contributed by atoms with Crippen LogP contribution in [0.15, 0.2) is 53.3 Å². The summed E-state index contributed by atoms with van der Waals surface area (Å²) in [5.74, 6) is 1.33. The number of carbonyl (C=O) groups excluding carboxylic acids is 1. The van der Waals surface area contributed by atoms with E-state index in [4.69, 9.17) is 16.6 Å². The number of aromatic nitrogens is 2. The first kappa shape index (κ1) is 24.5. The number of rotatable bonds is 8. The molecule has 5 nitrogen and oxygen atoms in total. The van der Waals surface area contributed by atoms with Gasteiger partial charge in [0.15, 0.2) is 0 Å². The molecule has 34 heavy (non-hydrogen) atoms. The predicted molar refractivity (Wildman–Crippen MR) is 139 cm³/mol. The lowest BCUT2D eigenvalue weighted by molar-refractivity contribution is -0.138. The maximum absolute atomic E-state index is 13.8. The highest BCUT2D eigenvalue weighted by atomic mass is 35.5. The van der Waals surface area contributed by atoms with Gasteiger partial charge in [-0.3, -0.25) is 14.2 Å². The number of amides is 1. The van der Waals surface area contributed by atoms with Crippen LogP contribution >= 0.6 is 11.6 Å². The van der Waals surface area contributed by atoms with E-state index in [1.54, 1.807) is 22.8 Å². The van der Waals surface area contributed by atoms with Crippen LogP contribution in [0.2, 0.25) is 5.02 Å². The Balaban J connectivity index is 1.90. The molecule has 1 heterocycles. The van der Waals surface area contributed by atoms with E-state index in [1.165, 1.54) is 0 Å². The Kier molecular flexibility index (Phi) is 7.72. The van der Waals surface area contributed by atoms with Gasteiger partial charge in [0.2, 0.25) is 5.91 Å². The molecule has 1 unspecified atom stereocenters. The van der Waals surface area contributed by atoms with Crippen molar-refractivity contribution in [2.24, 2.45) is 11.8 Å². The summed E-state index contributed by atoms with van der Waals surface area (Å²) in [6, 6.07) is 14.4. The molecule has 2 aromatic carbocycles. The second-order valence-electron chi connectivity index (χ2n) is 9.73. The maximum atomic E-state index is 13.8.